The Bertz CT molecular complexity index is 457. The van der Waals surface area contributed by atoms with Gasteiger partial charge in [-0.25, -0.2) is 0 Å². The number of amides is 1. The molecule has 2 N–H and O–H groups in total. The fourth-order valence-electron chi connectivity index (χ4n) is 2.18. The van der Waals surface area contributed by atoms with Gasteiger partial charge in [0.1, 0.15) is 5.69 Å². The van der Waals surface area contributed by atoms with Gasteiger partial charge in [0.05, 0.1) is 11.1 Å². The summed E-state index contributed by atoms with van der Waals surface area (Å²) in [7, 11) is 1.87. The van der Waals surface area contributed by atoms with Crippen LogP contribution in [0.1, 0.15) is 23.3 Å². The molecule has 98 valence electrons. The number of hydrogen-bond donors (Lipinski definition) is 2. The van der Waals surface area contributed by atoms with E-state index in [1.807, 2.05) is 7.05 Å². The predicted molar refractivity (Wildman–Crippen MR) is 65.4 cm³/mol. The zero-order chi connectivity index (χ0) is 13.1. The molecule has 1 aromatic rings. The fourth-order valence-corrected chi connectivity index (χ4v) is 2.18. The quantitative estimate of drug-likeness (QED) is 0.613. The standard InChI is InChI=1S/C11H16N4O3/c1-12-8-3-2-4-14(7-8)11(16)10-5-9(6-13-10)15(17)18/h5-6,8,12-13H,2-4,7H2,1H3. The van der Waals surface area contributed by atoms with E-state index < -0.39 is 4.92 Å². The van der Waals surface area contributed by atoms with Gasteiger partial charge in [0.15, 0.2) is 0 Å². The van der Waals surface area contributed by atoms with Crippen molar-refractivity contribution >= 4 is 11.6 Å². The van der Waals surface area contributed by atoms with Crippen LogP contribution in [0.2, 0.25) is 0 Å². The van der Waals surface area contributed by atoms with Gasteiger partial charge in [-0.1, -0.05) is 0 Å². The Kier molecular flexibility index (Phi) is 3.61. The first-order valence-electron chi connectivity index (χ1n) is 5.91. The zero-order valence-electron chi connectivity index (χ0n) is 10.2. The van der Waals surface area contributed by atoms with Gasteiger partial charge in [-0.2, -0.15) is 0 Å². The van der Waals surface area contributed by atoms with Gasteiger partial charge in [-0.15, -0.1) is 0 Å². The SMILES string of the molecule is CNC1CCCN(C(=O)c2cc([N+](=O)[O-])c[nH]2)C1. The molecular formula is C11H16N4O3. The van der Waals surface area contributed by atoms with Crippen LogP contribution in [0.4, 0.5) is 5.69 Å². The van der Waals surface area contributed by atoms with Crippen molar-refractivity contribution in [1.82, 2.24) is 15.2 Å². The molecule has 0 spiro atoms. The number of piperidine rings is 1. The minimum Gasteiger partial charge on any atom is -0.351 e. The third-order valence-corrected chi connectivity index (χ3v) is 3.23. The van der Waals surface area contributed by atoms with E-state index in [-0.39, 0.29) is 17.3 Å². The Morgan fingerprint density at radius 2 is 2.44 bits per heavy atom. The fraction of sp³-hybridized carbons (Fsp3) is 0.545. The molecule has 1 fully saturated rings. The Morgan fingerprint density at radius 1 is 1.67 bits per heavy atom. The van der Waals surface area contributed by atoms with Crippen LogP contribution in [-0.2, 0) is 0 Å². The summed E-state index contributed by atoms with van der Waals surface area (Å²) in [6, 6.07) is 1.58. The van der Waals surface area contributed by atoms with Crippen molar-refractivity contribution in [3.8, 4) is 0 Å². The Hall–Kier alpha value is -1.89. The lowest BCUT2D eigenvalue weighted by molar-refractivity contribution is -0.384. The number of carbonyl (C=O) groups is 1. The van der Waals surface area contributed by atoms with Crippen molar-refractivity contribution in [3.05, 3.63) is 28.1 Å². The van der Waals surface area contributed by atoms with Crippen LogP contribution in [0.25, 0.3) is 0 Å². The predicted octanol–water partition coefficient (Wildman–Crippen LogP) is 0.747. The number of carbonyl (C=O) groups excluding carboxylic acids is 1. The van der Waals surface area contributed by atoms with E-state index in [0.29, 0.717) is 19.1 Å². The number of nitro groups is 1. The summed E-state index contributed by atoms with van der Waals surface area (Å²) in [4.78, 5) is 26.6. The average molecular weight is 252 g/mol. The molecule has 1 aromatic heterocycles. The van der Waals surface area contributed by atoms with Crippen LogP contribution in [0, 0.1) is 10.1 Å². The van der Waals surface area contributed by atoms with Crippen molar-refractivity contribution in [2.24, 2.45) is 0 Å². The van der Waals surface area contributed by atoms with E-state index in [9.17, 15) is 14.9 Å². The van der Waals surface area contributed by atoms with E-state index in [1.165, 1.54) is 12.3 Å². The zero-order valence-corrected chi connectivity index (χ0v) is 10.2. The molecule has 1 unspecified atom stereocenters. The maximum absolute atomic E-state index is 12.1. The van der Waals surface area contributed by atoms with Crippen LogP contribution in [0.15, 0.2) is 12.3 Å². The maximum atomic E-state index is 12.1. The summed E-state index contributed by atoms with van der Waals surface area (Å²) in [5, 5.41) is 13.7. The molecule has 0 aliphatic carbocycles. The molecule has 1 aliphatic heterocycles. The molecule has 1 saturated heterocycles. The van der Waals surface area contributed by atoms with Crippen LogP contribution in [0.5, 0.6) is 0 Å². The topological polar surface area (TPSA) is 91.3 Å². The van der Waals surface area contributed by atoms with Crippen molar-refractivity contribution in [2.75, 3.05) is 20.1 Å². The smallest absolute Gasteiger partial charge is 0.287 e. The second-order valence-corrected chi connectivity index (χ2v) is 4.41. The summed E-state index contributed by atoms with van der Waals surface area (Å²) < 4.78 is 0. The molecule has 0 bridgehead atoms. The lowest BCUT2D eigenvalue weighted by atomic mass is 10.1. The normalized spacial score (nSPS) is 19.8. The lowest BCUT2D eigenvalue weighted by Crippen LogP contribution is -2.47. The molecule has 2 rings (SSSR count). The third kappa shape index (κ3) is 2.51. The molecule has 1 amide bonds. The molecule has 0 saturated carbocycles. The first-order valence-corrected chi connectivity index (χ1v) is 5.91. The number of hydrogen-bond acceptors (Lipinski definition) is 4. The Balaban J connectivity index is 2.07. The highest BCUT2D eigenvalue weighted by Crippen LogP contribution is 2.17. The third-order valence-electron chi connectivity index (χ3n) is 3.23. The van der Waals surface area contributed by atoms with Crippen LogP contribution in [0.3, 0.4) is 0 Å². The summed E-state index contributed by atoms with van der Waals surface area (Å²) in [5.41, 5.74) is 0.193. The Labute approximate surface area is 104 Å². The van der Waals surface area contributed by atoms with Crippen LogP contribution < -0.4 is 5.32 Å². The number of aromatic amines is 1. The van der Waals surface area contributed by atoms with Gasteiger partial charge in [0.2, 0.25) is 0 Å². The highest BCUT2D eigenvalue weighted by Gasteiger charge is 2.25. The van der Waals surface area contributed by atoms with Crippen molar-refractivity contribution in [3.63, 3.8) is 0 Å². The summed E-state index contributed by atoms with van der Waals surface area (Å²) in [6.45, 7) is 1.34. The van der Waals surface area contributed by atoms with Gasteiger partial charge in [0.25, 0.3) is 11.6 Å². The van der Waals surface area contributed by atoms with E-state index in [0.717, 1.165) is 12.8 Å². The maximum Gasteiger partial charge on any atom is 0.287 e. The average Bonchev–Trinajstić information content (AvgIpc) is 2.87. The van der Waals surface area contributed by atoms with Crippen LogP contribution in [-0.4, -0.2) is 46.9 Å². The molecular weight excluding hydrogens is 236 g/mol. The molecule has 0 aromatic carbocycles. The molecule has 18 heavy (non-hydrogen) atoms. The van der Waals surface area contributed by atoms with Crippen molar-refractivity contribution in [2.45, 2.75) is 18.9 Å². The first kappa shape index (κ1) is 12.6. The van der Waals surface area contributed by atoms with Gasteiger partial charge in [-0.05, 0) is 19.9 Å². The molecule has 1 atom stereocenters. The minimum atomic E-state index is -0.514. The monoisotopic (exact) mass is 252 g/mol. The first-order chi connectivity index (χ1) is 8.61. The second kappa shape index (κ2) is 5.18. The second-order valence-electron chi connectivity index (χ2n) is 4.41. The summed E-state index contributed by atoms with van der Waals surface area (Å²) in [6.07, 6.45) is 3.23. The summed E-state index contributed by atoms with van der Waals surface area (Å²) >= 11 is 0. The van der Waals surface area contributed by atoms with E-state index in [2.05, 4.69) is 10.3 Å². The summed E-state index contributed by atoms with van der Waals surface area (Å²) in [5.74, 6) is -0.178. The minimum absolute atomic E-state index is 0.0828. The van der Waals surface area contributed by atoms with Crippen molar-refractivity contribution < 1.29 is 9.72 Å². The number of nitrogens with zero attached hydrogens (tertiary/aromatic N) is 2. The van der Waals surface area contributed by atoms with E-state index in [4.69, 9.17) is 0 Å². The van der Waals surface area contributed by atoms with Gasteiger partial charge in [0, 0.05) is 25.2 Å². The molecule has 7 nitrogen and oxygen atoms in total. The highest BCUT2D eigenvalue weighted by atomic mass is 16.6. The van der Waals surface area contributed by atoms with Crippen LogP contribution >= 0.6 is 0 Å². The molecule has 1 aliphatic rings. The number of nitrogens with one attached hydrogen (secondary N) is 2. The van der Waals surface area contributed by atoms with Crippen molar-refractivity contribution in [1.29, 1.82) is 0 Å². The number of rotatable bonds is 3. The van der Waals surface area contributed by atoms with Gasteiger partial charge in [-0.3, -0.25) is 14.9 Å². The Morgan fingerprint density at radius 3 is 3.06 bits per heavy atom. The largest absolute Gasteiger partial charge is 0.351 e. The number of likely N-dealkylation sites (tertiary alicyclic amines) is 1. The lowest BCUT2D eigenvalue weighted by Gasteiger charge is -2.32. The molecule has 7 heteroatoms. The molecule has 2 heterocycles. The van der Waals surface area contributed by atoms with E-state index in [1.54, 1.807) is 4.90 Å². The number of likely N-dealkylation sites (N-methyl/N-ethyl adjacent to an activating group) is 1. The van der Waals surface area contributed by atoms with E-state index >= 15 is 0 Å². The highest BCUT2D eigenvalue weighted by molar-refractivity contribution is 5.93. The molecule has 0 radical (unpaired) electrons. The van der Waals surface area contributed by atoms with Gasteiger partial charge < -0.3 is 15.2 Å². The van der Waals surface area contributed by atoms with Gasteiger partial charge >= 0.3 is 0 Å². The number of H-pyrrole nitrogens is 1. The number of aromatic nitrogens is 1.